The van der Waals surface area contributed by atoms with E-state index in [-0.39, 0.29) is 17.8 Å². The Hall–Kier alpha value is -2.53. The zero-order chi connectivity index (χ0) is 18.6. The van der Waals surface area contributed by atoms with Gasteiger partial charge in [-0.15, -0.1) is 11.3 Å². The van der Waals surface area contributed by atoms with Crippen molar-refractivity contribution in [3.05, 3.63) is 87.6 Å². The van der Waals surface area contributed by atoms with Crippen LogP contribution in [0.3, 0.4) is 0 Å². The van der Waals surface area contributed by atoms with Gasteiger partial charge in [0.15, 0.2) is 0 Å². The van der Waals surface area contributed by atoms with Gasteiger partial charge in [-0.2, -0.15) is 0 Å². The largest absolute Gasteiger partial charge is 0.334 e. The van der Waals surface area contributed by atoms with E-state index in [9.17, 15) is 9.18 Å². The minimum atomic E-state index is -0.228. The summed E-state index contributed by atoms with van der Waals surface area (Å²) in [6, 6.07) is 16.9. The molecule has 0 radical (unpaired) electrons. The van der Waals surface area contributed by atoms with E-state index in [1.165, 1.54) is 23.0 Å². The van der Waals surface area contributed by atoms with E-state index in [1.807, 2.05) is 34.5 Å². The third-order valence-corrected chi connectivity index (χ3v) is 5.82. The van der Waals surface area contributed by atoms with Gasteiger partial charge < -0.3 is 4.90 Å². The van der Waals surface area contributed by atoms with Crippen molar-refractivity contribution in [1.82, 2.24) is 9.88 Å². The number of carbonyl (C=O) groups excluding carboxylic acids is 1. The van der Waals surface area contributed by atoms with Crippen LogP contribution in [-0.4, -0.2) is 28.4 Å². The molecule has 3 nitrogen and oxygen atoms in total. The molecule has 0 aliphatic carbocycles. The van der Waals surface area contributed by atoms with Crippen LogP contribution >= 0.6 is 11.3 Å². The summed E-state index contributed by atoms with van der Waals surface area (Å²) in [6.45, 7) is 0.740. The Bertz CT molecular complexity index is 925. The number of amides is 1. The quantitative estimate of drug-likeness (QED) is 0.642. The fourth-order valence-electron chi connectivity index (χ4n) is 3.66. The van der Waals surface area contributed by atoms with Crippen LogP contribution in [0.25, 0.3) is 0 Å². The molecule has 0 N–H and O–H groups in total. The van der Waals surface area contributed by atoms with Crippen LogP contribution in [0.15, 0.2) is 60.0 Å². The SMILES string of the molecule is O=C(c1csc(Cc2ccccc2)n1)N1CCCC1Cc1cccc(F)c1. The molecule has 1 aliphatic heterocycles. The van der Waals surface area contributed by atoms with Crippen LogP contribution < -0.4 is 0 Å². The average molecular weight is 380 g/mol. The molecule has 1 saturated heterocycles. The number of hydrogen-bond acceptors (Lipinski definition) is 3. The van der Waals surface area contributed by atoms with Crippen LogP contribution in [0.1, 0.15) is 39.5 Å². The standard InChI is InChI=1S/C22H21FN2OS/c23-18-9-4-8-17(12-18)13-19-10-5-11-25(19)22(26)20-15-27-21(24-20)14-16-6-2-1-3-7-16/h1-4,6-9,12,15,19H,5,10-11,13-14H2. The number of thiazole rings is 1. The first-order chi connectivity index (χ1) is 13.2. The van der Waals surface area contributed by atoms with Crippen LogP contribution in [0.4, 0.5) is 4.39 Å². The highest BCUT2D eigenvalue weighted by molar-refractivity contribution is 7.09. The molecule has 3 aromatic rings. The maximum absolute atomic E-state index is 13.5. The molecule has 1 aromatic heterocycles. The van der Waals surface area contributed by atoms with E-state index >= 15 is 0 Å². The predicted octanol–water partition coefficient (Wildman–Crippen LogP) is 4.72. The van der Waals surface area contributed by atoms with E-state index in [1.54, 1.807) is 12.1 Å². The molecule has 138 valence electrons. The van der Waals surface area contributed by atoms with E-state index in [4.69, 9.17) is 0 Å². The molecule has 1 atom stereocenters. The number of benzene rings is 2. The average Bonchev–Trinajstić information content (AvgIpc) is 3.32. The summed E-state index contributed by atoms with van der Waals surface area (Å²) in [7, 11) is 0. The number of rotatable bonds is 5. The van der Waals surface area contributed by atoms with Crippen LogP contribution in [0.2, 0.25) is 0 Å². The lowest BCUT2D eigenvalue weighted by Crippen LogP contribution is -2.37. The lowest BCUT2D eigenvalue weighted by atomic mass is 10.0. The highest BCUT2D eigenvalue weighted by atomic mass is 32.1. The second kappa shape index (κ2) is 8.01. The Kier molecular flexibility index (Phi) is 5.30. The number of carbonyl (C=O) groups is 1. The fourth-order valence-corrected chi connectivity index (χ4v) is 4.46. The summed E-state index contributed by atoms with van der Waals surface area (Å²) in [5, 5.41) is 2.81. The van der Waals surface area contributed by atoms with Crippen molar-refractivity contribution < 1.29 is 9.18 Å². The fraction of sp³-hybridized carbons (Fsp3) is 0.273. The zero-order valence-corrected chi connectivity index (χ0v) is 15.8. The molecule has 0 spiro atoms. The van der Waals surface area contributed by atoms with Gasteiger partial charge in [0.05, 0.1) is 5.01 Å². The third kappa shape index (κ3) is 4.25. The van der Waals surface area contributed by atoms with E-state index in [2.05, 4.69) is 17.1 Å². The van der Waals surface area contributed by atoms with E-state index < -0.39 is 0 Å². The van der Waals surface area contributed by atoms with Gasteiger partial charge >= 0.3 is 0 Å². The Balaban J connectivity index is 1.45. The lowest BCUT2D eigenvalue weighted by Gasteiger charge is -2.24. The van der Waals surface area contributed by atoms with Gasteiger partial charge in [0.1, 0.15) is 11.5 Å². The molecular weight excluding hydrogens is 359 g/mol. The van der Waals surface area contributed by atoms with E-state index in [0.29, 0.717) is 12.1 Å². The second-order valence-corrected chi connectivity index (χ2v) is 7.86. The zero-order valence-electron chi connectivity index (χ0n) is 15.0. The molecule has 2 heterocycles. The molecule has 2 aromatic carbocycles. The summed E-state index contributed by atoms with van der Waals surface area (Å²) in [6.07, 6.45) is 3.35. The summed E-state index contributed by atoms with van der Waals surface area (Å²) in [5.74, 6) is -0.238. The molecular formula is C22H21FN2OS. The molecule has 27 heavy (non-hydrogen) atoms. The molecule has 1 unspecified atom stereocenters. The maximum Gasteiger partial charge on any atom is 0.273 e. The van der Waals surface area contributed by atoms with Gasteiger partial charge in [-0.3, -0.25) is 4.79 Å². The Morgan fingerprint density at radius 2 is 1.96 bits per heavy atom. The molecule has 1 aliphatic rings. The van der Waals surface area contributed by atoms with Gasteiger partial charge in [-0.1, -0.05) is 42.5 Å². The molecule has 1 amide bonds. The topological polar surface area (TPSA) is 33.2 Å². The third-order valence-electron chi connectivity index (χ3n) is 4.97. The normalized spacial score (nSPS) is 16.6. The highest BCUT2D eigenvalue weighted by Crippen LogP contribution is 2.25. The molecule has 4 rings (SSSR count). The number of halogens is 1. The Morgan fingerprint density at radius 3 is 2.78 bits per heavy atom. The first-order valence-electron chi connectivity index (χ1n) is 9.23. The first kappa shape index (κ1) is 17.9. The smallest absolute Gasteiger partial charge is 0.273 e. The van der Waals surface area contributed by atoms with E-state index in [0.717, 1.165) is 36.4 Å². The summed E-state index contributed by atoms with van der Waals surface area (Å²) >= 11 is 1.53. The maximum atomic E-state index is 13.5. The first-order valence-corrected chi connectivity index (χ1v) is 10.1. The predicted molar refractivity (Wildman–Crippen MR) is 106 cm³/mol. The van der Waals surface area contributed by atoms with Crippen molar-refractivity contribution in [2.75, 3.05) is 6.54 Å². The van der Waals surface area contributed by atoms with Gasteiger partial charge in [0.2, 0.25) is 0 Å². The number of nitrogens with zero attached hydrogens (tertiary/aromatic N) is 2. The molecule has 1 fully saturated rings. The van der Waals surface area contributed by atoms with Crippen molar-refractivity contribution >= 4 is 17.2 Å². The second-order valence-electron chi connectivity index (χ2n) is 6.92. The van der Waals surface area contributed by atoms with Gasteiger partial charge in [0, 0.05) is 24.4 Å². The van der Waals surface area contributed by atoms with Crippen molar-refractivity contribution in [2.45, 2.75) is 31.7 Å². The molecule has 0 bridgehead atoms. The molecule has 0 saturated carbocycles. The van der Waals surface area contributed by atoms with Crippen molar-refractivity contribution in [1.29, 1.82) is 0 Å². The summed E-state index contributed by atoms with van der Waals surface area (Å²) in [4.78, 5) is 19.5. The lowest BCUT2D eigenvalue weighted by molar-refractivity contribution is 0.0731. The number of likely N-dealkylation sites (tertiary alicyclic amines) is 1. The monoisotopic (exact) mass is 380 g/mol. The van der Waals surface area contributed by atoms with Crippen LogP contribution in [0.5, 0.6) is 0 Å². The Labute approximate surface area is 162 Å². The summed E-state index contributed by atoms with van der Waals surface area (Å²) < 4.78 is 13.5. The number of hydrogen-bond donors (Lipinski definition) is 0. The summed E-state index contributed by atoms with van der Waals surface area (Å²) in [5.41, 5.74) is 2.65. The van der Waals surface area contributed by atoms with Crippen molar-refractivity contribution in [2.24, 2.45) is 0 Å². The van der Waals surface area contributed by atoms with Crippen LogP contribution in [-0.2, 0) is 12.8 Å². The van der Waals surface area contributed by atoms with Gasteiger partial charge in [-0.25, -0.2) is 9.37 Å². The van der Waals surface area contributed by atoms with Gasteiger partial charge in [-0.05, 0) is 42.5 Å². The Morgan fingerprint density at radius 1 is 1.15 bits per heavy atom. The van der Waals surface area contributed by atoms with Crippen molar-refractivity contribution in [3.63, 3.8) is 0 Å². The number of aromatic nitrogens is 1. The van der Waals surface area contributed by atoms with Crippen molar-refractivity contribution in [3.8, 4) is 0 Å². The minimum absolute atomic E-state index is 0.00975. The highest BCUT2D eigenvalue weighted by Gasteiger charge is 2.30. The van der Waals surface area contributed by atoms with Crippen LogP contribution in [0, 0.1) is 5.82 Å². The van der Waals surface area contributed by atoms with Gasteiger partial charge in [0.25, 0.3) is 5.91 Å². The molecule has 5 heteroatoms. The minimum Gasteiger partial charge on any atom is -0.334 e.